The Morgan fingerprint density at radius 3 is 2.69 bits per heavy atom. The number of imidazole rings is 1. The van der Waals surface area contributed by atoms with Crippen LogP contribution in [0.15, 0.2) is 59.8 Å². The van der Waals surface area contributed by atoms with E-state index >= 15 is 0 Å². The lowest BCUT2D eigenvalue weighted by Crippen LogP contribution is -2.29. The van der Waals surface area contributed by atoms with Gasteiger partial charge in [-0.15, -0.1) is 0 Å². The summed E-state index contributed by atoms with van der Waals surface area (Å²) in [5.41, 5.74) is 4.14. The number of rotatable bonds is 6. The van der Waals surface area contributed by atoms with Crippen LogP contribution in [0.2, 0.25) is 5.02 Å². The van der Waals surface area contributed by atoms with Crippen molar-refractivity contribution in [3.05, 3.63) is 70.4 Å². The summed E-state index contributed by atoms with van der Waals surface area (Å²) in [4.78, 5) is 17.8. The summed E-state index contributed by atoms with van der Waals surface area (Å²) in [6.07, 6.45) is 2.99. The number of unbranched alkanes of at least 4 members (excludes halogenated alkanes) is 2. The quantitative estimate of drug-likeness (QED) is 0.418. The second-order valence-corrected chi connectivity index (χ2v) is 7.69. The Hall–Kier alpha value is -2.79. The molecule has 1 unspecified atom stereocenters. The Labute approximate surface area is 175 Å². The van der Waals surface area contributed by atoms with Gasteiger partial charge in [-0.2, -0.15) is 0 Å². The molecule has 0 fully saturated rings. The Bertz CT molecular complexity index is 1070. The highest BCUT2D eigenvalue weighted by molar-refractivity contribution is 6.30. The number of fused-ring (bicyclic) bond motifs is 3. The molecule has 0 spiro atoms. The molecule has 0 radical (unpaired) electrons. The van der Waals surface area contributed by atoms with Crippen molar-refractivity contribution in [3.8, 4) is 0 Å². The minimum Gasteiger partial charge on any atom is -0.462 e. The van der Waals surface area contributed by atoms with Crippen LogP contribution in [0.25, 0.3) is 11.0 Å². The fourth-order valence-corrected chi connectivity index (χ4v) is 3.91. The Morgan fingerprint density at radius 2 is 1.93 bits per heavy atom. The van der Waals surface area contributed by atoms with Crippen molar-refractivity contribution in [2.24, 2.45) is 0 Å². The van der Waals surface area contributed by atoms with Crippen molar-refractivity contribution in [1.29, 1.82) is 0 Å². The molecular formula is C23H24ClN3O2. The molecular weight excluding hydrogens is 386 g/mol. The molecule has 29 heavy (non-hydrogen) atoms. The number of carbonyl (C=O) groups excluding carboxylic acids is 1. The maximum atomic E-state index is 13.1. The second-order valence-electron chi connectivity index (χ2n) is 7.25. The largest absolute Gasteiger partial charge is 0.462 e. The van der Waals surface area contributed by atoms with E-state index < -0.39 is 0 Å². The van der Waals surface area contributed by atoms with E-state index in [1.54, 1.807) is 0 Å². The average molecular weight is 410 g/mol. The molecule has 0 saturated heterocycles. The van der Waals surface area contributed by atoms with Crippen LogP contribution in [0.5, 0.6) is 0 Å². The Morgan fingerprint density at radius 1 is 1.17 bits per heavy atom. The van der Waals surface area contributed by atoms with Gasteiger partial charge < -0.3 is 10.1 Å². The molecule has 5 nitrogen and oxygen atoms in total. The summed E-state index contributed by atoms with van der Waals surface area (Å²) in [6.45, 7) is 4.45. The number of carbonyl (C=O) groups is 1. The zero-order valence-corrected chi connectivity index (χ0v) is 17.4. The number of esters is 1. The lowest BCUT2D eigenvalue weighted by atomic mass is 9.95. The van der Waals surface area contributed by atoms with Crippen molar-refractivity contribution >= 4 is 34.6 Å². The van der Waals surface area contributed by atoms with Gasteiger partial charge in [-0.05, 0) is 43.2 Å². The predicted molar refractivity (Wildman–Crippen MR) is 116 cm³/mol. The number of halogens is 1. The average Bonchev–Trinajstić information content (AvgIpc) is 3.08. The molecule has 1 aliphatic heterocycles. The van der Waals surface area contributed by atoms with Crippen molar-refractivity contribution in [3.63, 3.8) is 0 Å². The molecule has 1 aromatic heterocycles. The van der Waals surface area contributed by atoms with Gasteiger partial charge in [0.2, 0.25) is 5.95 Å². The normalized spacial score (nSPS) is 15.9. The van der Waals surface area contributed by atoms with Gasteiger partial charge in [-0.3, -0.25) is 4.57 Å². The van der Waals surface area contributed by atoms with E-state index in [9.17, 15) is 4.79 Å². The van der Waals surface area contributed by atoms with Crippen LogP contribution in [0.1, 0.15) is 44.7 Å². The van der Waals surface area contributed by atoms with E-state index in [4.69, 9.17) is 21.3 Å². The minimum atomic E-state index is -0.338. The van der Waals surface area contributed by atoms with Crippen molar-refractivity contribution < 1.29 is 9.53 Å². The summed E-state index contributed by atoms with van der Waals surface area (Å²) in [5.74, 6) is 0.417. The number of aromatic nitrogens is 2. The number of nitrogens with zero attached hydrogens (tertiary/aromatic N) is 2. The van der Waals surface area contributed by atoms with E-state index in [1.807, 2.05) is 55.5 Å². The smallest absolute Gasteiger partial charge is 0.338 e. The SMILES string of the molecule is CCCCCOC(=O)C1=C(C)Nc2nc3ccccc3n2C1c1ccc(Cl)cc1. The molecule has 1 atom stereocenters. The lowest BCUT2D eigenvalue weighted by Gasteiger charge is -2.30. The van der Waals surface area contributed by atoms with Gasteiger partial charge in [0.15, 0.2) is 0 Å². The molecule has 0 saturated carbocycles. The zero-order chi connectivity index (χ0) is 20.4. The number of hydrogen-bond donors (Lipinski definition) is 1. The number of allylic oxidation sites excluding steroid dienone is 1. The molecule has 150 valence electrons. The highest BCUT2D eigenvalue weighted by atomic mass is 35.5. The first-order valence-electron chi connectivity index (χ1n) is 9.97. The fourth-order valence-electron chi connectivity index (χ4n) is 3.78. The topological polar surface area (TPSA) is 56.1 Å². The van der Waals surface area contributed by atoms with Crippen LogP contribution in [0, 0.1) is 0 Å². The molecule has 1 N–H and O–H groups in total. The van der Waals surface area contributed by atoms with Gasteiger partial charge in [-0.1, -0.05) is 55.6 Å². The molecule has 0 aliphatic carbocycles. The van der Waals surface area contributed by atoms with Gasteiger partial charge in [0.1, 0.15) is 0 Å². The van der Waals surface area contributed by atoms with Crippen LogP contribution < -0.4 is 5.32 Å². The molecule has 0 bridgehead atoms. The number of anilines is 1. The summed E-state index contributed by atoms with van der Waals surface area (Å²) >= 11 is 6.12. The van der Waals surface area contributed by atoms with Crippen LogP contribution >= 0.6 is 11.6 Å². The summed E-state index contributed by atoms with van der Waals surface area (Å²) in [6, 6.07) is 15.2. The standard InChI is InChI=1S/C23H24ClN3O2/c1-3-4-7-14-29-22(28)20-15(2)25-23-26-18-8-5-6-9-19(18)27(23)21(20)16-10-12-17(24)13-11-16/h5-6,8-13,21H,3-4,7,14H2,1-2H3,(H,25,26). The molecule has 2 aromatic carbocycles. The van der Waals surface area contributed by atoms with Crippen molar-refractivity contribution in [1.82, 2.24) is 9.55 Å². The molecule has 3 aromatic rings. The van der Waals surface area contributed by atoms with Gasteiger partial charge in [0, 0.05) is 10.7 Å². The second kappa shape index (κ2) is 8.29. The molecule has 4 rings (SSSR count). The highest BCUT2D eigenvalue weighted by Gasteiger charge is 2.34. The zero-order valence-electron chi connectivity index (χ0n) is 16.6. The third kappa shape index (κ3) is 3.75. The Balaban J connectivity index is 1.80. The van der Waals surface area contributed by atoms with Crippen LogP contribution in [0.4, 0.5) is 5.95 Å². The van der Waals surface area contributed by atoms with E-state index in [1.165, 1.54) is 0 Å². The fraction of sp³-hybridized carbons (Fsp3) is 0.304. The number of ether oxygens (including phenoxy) is 1. The first-order valence-corrected chi connectivity index (χ1v) is 10.3. The van der Waals surface area contributed by atoms with Crippen LogP contribution in [-0.2, 0) is 9.53 Å². The molecule has 2 heterocycles. The monoisotopic (exact) mass is 409 g/mol. The number of nitrogens with one attached hydrogen (secondary N) is 1. The number of para-hydroxylation sites is 2. The van der Waals surface area contributed by atoms with E-state index in [0.29, 0.717) is 23.2 Å². The van der Waals surface area contributed by atoms with E-state index in [2.05, 4.69) is 16.8 Å². The van der Waals surface area contributed by atoms with Gasteiger partial charge in [0.05, 0.1) is 29.3 Å². The Kier molecular flexibility index (Phi) is 5.58. The number of hydrogen-bond acceptors (Lipinski definition) is 4. The molecule has 1 aliphatic rings. The van der Waals surface area contributed by atoms with E-state index in [-0.39, 0.29) is 12.0 Å². The third-order valence-corrected chi connectivity index (χ3v) is 5.47. The predicted octanol–water partition coefficient (Wildman–Crippen LogP) is 5.71. The van der Waals surface area contributed by atoms with Gasteiger partial charge in [0.25, 0.3) is 0 Å². The van der Waals surface area contributed by atoms with Crippen LogP contribution in [0.3, 0.4) is 0 Å². The van der Waals surface area contributed by atoms with Crippen molar-refractivity contribution in [2.75, 3.05) is 11.9 Å². The van der Waals surface area contributed by atoms with E-state index in [0.717, 1.165) is 41.6 Å². The lowest BCUT2D eigenvalue weighted by molar-refractivity contribution is -0.139. The van der Waals surface area contributed by atoms with Gasteiger partial charge in [-0.25, -0.2) is 9.78 Å². The van der Waals surface area contributed by atoms with Crippen LogP contribution in [-0.4, -0.2) is 22.1 Å². The first kappa shape index (κ1) is 19.5. The number of benzene rings is 2. The summed E-state index contributed by atoms with van der Waals surface area (Å²) < 4.78 is 7.70. The minimum absolute atomic E-state index is 0.297. The van der Waals surface area contributed by atoms with Crippen molar-refractivity contribution in [2.45, 2.75) is 39.2 Å². The molecule has 0 amide bonds. The highest BCUT2D eigenvalue weighted by Crippen LogP contribution is 2.39. The summed E-state index contributed by atoms with van der Waals surface area (Å²) in [7, 11) is 0. The maximum absolute atomic E-state index is 13.1. The summed E-state index contributed by atoms with van der Waals surface area (Å²) in [5, 5.41) is 3.95. The maximum Gasteiger partial charge on any atom is 0.338 e. The first-order chi connectivity index (χ1) is 14.1. The van der Waals surface area contributed by atoms with Gasteiger partial charge >= 0.3 is 5.97 Å². The third-order valence-electron chi connectivity index (χ3n) is 5.22. The molecule has 6 heteroatoms.